The summed E-state index contributed by atoms with van der Waals surface area (Å²) in [5, 5.41) is 0. The highest BCUT2D eigenvalue weighted by molar-refractivity contribution is 7.93. The molecule has 1 saturated carbocycles. The Morgan fingerprint density at radius 1 is 1.18 bits per heavy atom. The summed E-state index contributed by atoms with van der Waals surface area (Å²) in [5.74, 6) is -0.484. The fraction of sp³-hybridized carbons (Fsp3) is 1.00. The van der Waals surface area contributed by atoms with Gasteiger partial charge in [-0.25, -0.2) is 13.1 Å². The van der Waals surface area contributed by atoms with Gasteiger partial charge in [-0.1, -0.05) is 0 Å². The maximum atomic E-state index is 12.1. The van der Waals surface area contributed by atoms with Crippen LogP contribution in [0, 0.1) is 0 Å². The highest BCUT2D eigenvalue weighted by Gasteiger charge is 2.57. The topological polar surface area (TPSA) is 89.5 Å². The molecule has 1 aliphatic rings. The molecule has 8 heteroatoms. The maximum absolute atomic E-state index is 12.1. The van der Waals surface area contributed by atoms with Crippen molar-refractivity contribution in [1.82, 2.24) is 4.72 Å². The zero-order valence-electron chi connectivity index (χ0n) is 10.5. The molecule has 1 fully saturated rings. The van der Waals surface area contributed by atoms with E-state index in [1.165, 1.54) is 0 Å². The van der Waals surface area contributed by atoms with Crippen molar-refractivity contribution in [3.8, 4) is 0 Å². The van der Waals surface area contributed by atoms with Crippen LogP contribution < -0.4 is 4.72 Å². The van der Waals surface area contributed by atoms with Crippen molar-refractivity contribution < 1.29 is 21.0 Å². The second-order valence-corrected chi connectivity index (χ2v) is 9.22. The van der Waals surface area contributed by atoms with Crippen LogP contribution in [0.1, 0.15) is 33.6 Å². The van der Waals surface area contributed by atoms with Crippen molar-refractivity contribution in [1.29, 1.82) is 0 Å². The summed E-state index contributed by atoms with van der Waals surface area (Å²) < 4.78 is 52.5. The molecule has 6 nitrogen and oxygen atoms in total. The molecule has 0 aromatic carbocycles. The smallest absolute Gasteiger partial charge is 0.268 e. The first-order valence-electron chi connectivity index (χ1n) is 5.25. The lowest BCUT2D eigenvalue weighted by molar-refractivity contribution is 0.395. The van der Waals surface area contributed by atoms with Crippen LogP contribution >= 0.6 is 0 Å². The van der Waals surface area contributed by atoms with Crippen LogP contribution in [0.2, 0.25) is 0 Å². The number of nitrogens with one attached hydrogen (secondary N) is 1. The van der Waals surface area contributed by atoms with Crippen LogP contribution in [-0.4, -0.2) is 40.0 Å². The Morgan fingerprint density at radius 2 is 1.65 bits per heavy atom. The third-order valence-corrected chi connectivity index (χ3v) is 6.68. The SMILES string of the molecule is COS(=O)(=O)CC1(S(=O)(=O)NC(C)(C)C)CC1. The van der Waals surface area contributed by atoms with Gasteiger partial charge >= 0.3 is 0 Å². The lowest BCUT2D eigenvalue weighted by Gasteiger charge is -2.24. The van der Waals surface area contributed by atoms with Gasteiger partial charge in [-0.05, 0) is 33.6 Å². The van der Waals surface area contributed by atoms with Crippen molar-refractivity contribution in [2.45, 2.75) is 43.9 Å². The molecule has 0 atom stereocenters. The fourth-order valence-electron chi connectivity index (χ4n) is 1.52. The molecule has 0 saturated heterocycles. The van der Waals surface area contributed by atoms with Crippen LogP contribution in [0.4, 0.5) is 0 Å². The third-order valence-electron chi connectivity index (χ3n) is 2.51. The number of hydrogen-bond acceptors (Lipinski definition) is 5. The van der Waals surface area contributed by atoms with Gasteiger partial charge in [0.25, 0.3) is 10.1 Å². The minimum Gasteiger partial charge on any atom is -0.273 e. The predicted octanol–water partition coefficient (Wildman–Crippen LogP) is 0.213. The van der Waals surface area contributed by atoms with Gasteiger partial charge in [-0.15, -0.1) is 0 Å². The van der Waals surface area contributed by atoms with Gasteiger partial charge in [-0.3, -0.25) is 4.18 Å². The van der Waals surface area contributed by atoms with Gasteiger partial charge in [0.2, 0.25) is 10.0 Å². The van der Waals surface area contributed by atoms with Gasteiger partial charge in [0.1, 0.15) is 4.75 Å². The lowest BCUT2D eigenvalue weighted by atomic mass is 10.1. The summed E-state index contributed by atoms with van der Waals surface area (Å²) in [7, 11) is -6.39. The number of sulfonamides is 1. The fourth-order valence-corrected chi connectivity index (χ4v) is 5.29. The molecule has 0 bridgehead atoms. The lowest BCUT2D eigenvalue weighted by Crippen LogP contribution is -2.48. The molecule has 0 heterocycles. The first-order chi connectivity index (χ1) is 7.43. The average molecular weight is 285 g/mol. The zero-order valence-corrected chi connectivity index (χ0v) is 12.1. The van der Waals surface area contributed by atoms with Crippen molar-refractivity contribution in [3.05, 3.63) is 0 Å². The molecule has 0 aliphatic heterocycles. The van der Waals surface area contributed by atoms with E-state index in [4.69, 9.17) is 0 Å². The molecule has 1 aliphatic carbocycles. The zero-order chi connectivity index (χ0) is 13.5. The third kappa shape index (κ3) is 3.64. The van der Waals surface area contributed by atoms with Crippen molar-refractivity contribution in [2.24, 2.45) is 0 Å². The van der Waals surface area contributed by atoms with Crippen molar-refractivity contribution in [2.75, 3.05) is 12.9 Å². The van der Waals surface area contributed by atoms with E-state index in [2.05, 4.69) is 8.91 Å². The summed E-state index contributed by atoms with van der Waals surface area (Å²) in [6, 6.07) is 0. The van der Waals surface area contributed by atoms with Crippen LogP contribution in [0.3, 0.4) is 0 Å². The monoisotopic (exact) mass is 285 g/mol. The second kappa shape index (κ2) is 4.18. The van der Waals surface area contributed by atoms with Gasteiger partial charge in [0, 0.05) is 5.54 Å². The molecule has 17 heavy (non-hydrogen) atoms. The molecule has 0 aromatic heterocycles. The molecule has 0 spiro atoms. The van der Waals surface area contributed by atoms with E-state index in [1.54, 1.807) is 20.8 Å². The number of rotatable bonds is 5. The molecule has 0 unspecified atom stereocenters. The molecule has 1 rings (SSSR count). The van der Waals surface area contributed by atoms with Crippen LogP contribution in [0.5, 0.6) is 0 Å². The van der Waals surface area contributed by atoms with Crippen LogP contribution in [0.25, 0.3) is 0 Å². The quantitative estimate of drug-likeness (QED) is 0.729. The van der Waals surface area contributed by atoms with E-state index in [0.717, 1.165) is 7.11 Å². The highest BCUT2D eigenvalue weighted by atomic mass is 32.2. The first-order valence-corrected chi connectivity index (χ1v) is 8.31. The van der Waals surface area contributed by atoms with Crippen molar-refractivity contribution in [3.63, 3.8) is 0 Å². The van der Waals surface area contributed by atoms with Gasteiger partial charge in [-0.2, -0.15) is 8.42 Å². The van der Waals surface area contributed by atoms with E-state index in [1.807, 2.05) is 0 Å². The molecule has 0 aromatic rings. The second-order valence-electron chi connectivity index (χ2n) is 5.41. The highest BCUT2D eigenvalue weighted by Crippen LogP contribution is 2.44. The Balaban J connectivity index is 2.93. The maximum Gasteiger partial charge on any atom is 0.268 e. The van der Waals surface area contributed by atoms with Crippen molar-refractivity contribution >= 4 is 20.1 Å². The number of hydrogen-bond donors (Lipinski definition) is 1. The summed E-state index contributed by atoms with van der Waals surface area (Å²) in [4.78, 5) is 0. The molecular formula is C9H19NO5S2. The first kappa shape index (κ1) is 14.9. The normalized spacial score (nSPS) is 20.2. The van der Waals surface area contributed by atoms with Gasteiger partial charge < -0.3 is 0 Å². The summed E-state index contributed by atoms with van der Waals surface area (Å²) in [5.41, 5.74) is -0.620. The Morgan fingerprint density at radius 3 is 1.94 bits per heavy atom. The molecule has 1 N–H and O–H groups in total. The Labute approximate surface area is 103 Å². The van der Waals surface area contributed by atoms with Gasteiger partial charge in [0.15, 0.2) is 0 Å². The summed E-state index contributed by atoms with van der Waals surface area (Å²) >= 11 is 0. The molecule has 102 valence electrons. The van der Waals surface area contributed by atoms with Gasteiger partial charge in [0.05, 0.1) is 12.9 Å². The molecule has 0 radical (unpaired) electrons. The largest absolute Gasteiger partial charge is 0.273 e. The average Bonchev–Trinajstić information content (AvgIpc) is 2.81. The Kier molecular flexibility index (Phi) is 3.66. The van der Waals surface area contributed by atoms with Crippen LogP contribution in [-0.2, 0) is 24.3 Å². The van der Waals surface area contributed by atoms with Crippen LogP contribution in [0.15, 0.2) is 0 Å². The Hall–Kier alpha value is -0.180. The molecule has 0 amide bonds. The van der Waals surface area contributed by atoms with E-state index >= 15 is 0 Å². The predicted molar refractivity (Wildman–Crippen MR) is 64.6 cm³/mol. The Bertz CT molecular complexity index is 482. The minimum atomic E-state index is -3.77. The summed E-state index contributed by atoms with van der Waals surface area (Å²) in [6.07, 6.45) is 0.696. The van der Waals surface area contributed by atoms with E-state index < -0.39 is 36.2 Å². The standard InChI is InChI=1S/C9H19NO5S2/c1-8(2,3)10-17(13,14)9(5-6-9)7-16(11,12)15-4/h10H,5-7H2,1-4H3. The minimum absolute atomic E-state index is 0.348. The van der Waals surface area contributed by atoms with E-state index in [0.29, 0.717) is 12.8 Å². The summed E-state index contributed by atoms with van der Waals surface area (Å²) in [6.45, 7) is 5.14. The van der Waals surface area contributed by atoms with E-state index in [-0.39, 0.29) is 0 Å². The van der Waals surface area contributed by atoms with E-state index in [9.17, 15) is 16.8 Å². The molecular weight excluding hydrogens is 266 g/mol.